The van der Waals surface area contributed by atoms with Gasteiger partial charge in [-0.2, -0.15) is 0 Å². The van der Waals surface area contributed by atoms with E-state index in [2.05, 4.69) is 29.3 Å². The summed E-state index contributed by atoms with van der Waals surface area (Å²) in [5, 5.41) is 3.71. The van der Waals surface area contributed by atoms with Crippen LogP contribution in [0.5, 0.6) is 0 Å². The van der Waals surface area contributed by atoms with Crippen LogP contribution in [0, 0.1) is 0 Å². The molecule has 5 heteroatoms. The quantitative estimate of drug-likeness (QED) is 0.694. The number of hydrogen-bond donors (Lipinski definition) is 1. The van der Waals surface area contributed by atoms with E-state index in [-0.39, 0.29) is 5.91 Å². The van der Waals surface area contributed by atoms with Gasteiger partial charge in [0.05, 0.1) is 15.7 Å². The maximum absolute atomic E-state index is 12.2. The van der Waals surface area contributed by atoms with Gasteiger partial charge in [-0.3, -0.25) is 9.69 Å². The molecule has 0 unspecified atom stereocenters. The van der Waals surface area contributed by atoms with Crippen LogP contribution in [-0.4, -0.2) is 23.9 Å². The van der Waals surface area contributed by atoms with Crippen LogP contribution in [0.15, 0.2) is 48.5 Å². The van der Waals surface area contributed by atoms with Gasteiger partial charge in [0.1, 0.15) is 0 Å². The van der Waals surface area contributed by atoms with Crippen molar-refractivity contribution in [1.82, 2.24) is 4.90 Å². The molecule has 0 saturated carbocycles. The fourth-order valence-corrected chi connectivity index (χ4v) is 3.00. The molecule has 0 aromatic heterocycles. The number of nitrogens with one attached hydrogen (secondary N) is 1. The third-order valence-corrected chi connectivity index (χ3v) is 4.30. The van der Waals surface area contributed by atoms with Crippen molar-refractivity contribution in [3.8, 4) is 0 Å². The summed E-state index contributed by atoms with van der Waals surface area (Å²) < 4.78 is 0. The monoisotopic (exact) mass is 364 g/mol. The van der Waals surface area contributed by atoms with E-state index < -0.39 is 0 Å². The van der Waals surface area contributed by atoms with Crippen molar-refractivity contribution >= 4 is 34.8 Å². The van der Waals surface area contributed by atoms with E-state index in [4.69, 9.17) is 23.2 Å². The van der Waals surface area contributed by atoms with Gasteiger partial charge in [0, 0.05) is 19.5 Å². The topological polar surface area (TPSA) is 32.3 Å². The van der Waals surface area contributed by atoms with E-state index in [1.54, 1.807) is 18.2 Å². The molecule has 24 heavy (non-hydrogen) atoms. The number of rotatable bonds is 8. The molecule has 2 aromatic rings. The SMILES string of the molecule is CCCN(CCC(=O)Nc1c(Cl)cccc1Cl)Cc1ccccc1. The molecule has 0 saturated heterocycles. The lowest BCUT2D eigenvalue weighted by atomic mass is 10.2. The molecule has 2 aromatic carbocycles. The van der Waals surface area contributed by atoms with Gasteiger partial charge in [-0.25, -0.2) is 0 Å². The van der Waals surface area contributed by atoms with Gasteiger partial charge < -0.3 is 5.32 Å². The Balaban J connectivity index is 1.90. The van der Waals surface area contributed by atoms with Crippen molar-refractivity contribution in [3.05, 3.63) is 64.1 Å². The summed E-state index contributed by atoms with van der Waals surface area (Å²) in [4.78, 5) is 14.5. The van der Waals surface area contributed by atoms with E-state index in [1.807, 2.05) is 18.2 Å². The van der Waals surface area contributed by atoms with Crippen molar-refractivity contribution in [2.45, 2.75) is 26.3 Å². The number of nitrogens with zero attached hydrogens (tertiary/aromatic N) is 1. The molecule has 1 amide bonds. The number of halogens is 2. The predicted octanol–water partition coefficient (Wildman–Crippen LogP) is 5.23. The van der Waals surface area contributed by atoms with Crippen LogP contribution in [0.1, 0.15) is 25.3 Å². The van der Waals surface area contributed by atoms with Gasteiger partial charge in [-0.1, -0.05) is 66.5 Å². The molecule has 2 rings (SSSR count). The van der Waals surface area contributed by atoms with Crippen molar-refractivity contribution in [2.24, 2.45) is 0 Å². The Labute approximate surface area is 153 Å². The molecule has 0 heterocycles. The Morgan fingerprint density at radius 1 is 1.00 bits per heavy atom. The molecule has 3 nitrogen and oxygen atoms in total. The molecule has 1 N–H and O–H groups in total. The molecule has 0 spiro atoms. The number of anilines is 1. The van der Waals surface area contributed by atoms with Crippen LogP contribution in [0.25, 0.3) is 0 Å². The second-order valence-corrected chi connectivity index (χ2v) is 6.47. The molecular weight excluding hydrogens is 343 g/mol. The van der Waals surface area contributed by atoms with Gasteiger partial charge in [0.2, 0.25) is 5.91 Å². The first-order chi connectivity index (χ1) is 11.6. The van der Waals surface area contributed by atoms with Crippen molar-refractivity contribution < 1.29 is 4.79 Å². The van der Waals surface area contributed by atoms with Gasteiger partial charge in [0.15, 0.2) is 0 Å². The third kappa shape index (κ3) is 5.82. The van der Waals surface area contributed by atoms with E-state index in [0.717, 1.165) is 19.5 Å². The number of benzene rings is 2. The van der Waals surface area contributed by atoms with Crippen molar-refractivity contribution in [3.63, 3.8) is 0 Å². The van der Waals surface area contributed by atoms with Crippen LogP contribution in [-0.2, 0) is 11.3 Å². The summed E-state index contributed by atoms with van der Waals surface area (Å²) in [6, 6.07) is 15.5. The van der Waals surface area contributed by atoms with Crippen LogP contribution < -0.4 is 5.32 Å². The first kappa shape index (κ1) is 18.8. The van der Waals surface area contributed by atoms with Crippen molar-refractivity contribution in [1.29, 1.82) is 0 Å². The zero-order valence-electron chi connectivity index (χ0n) is 13.8. The molecule has 0 atom stereocenters. The zero-order chi connectivity index (χ0) is 17.4. The Morgan fingerprint density at radius 3 is 2.29 bits per heavy atom. The summed E-state index contributed by atoms with van der Waals surface area (Å²) in [5.74, 6) is -0.0841. The van der Waals surface area contributed by atoms with Crippen LogP contribution >= 0.6 is 23.2 Å². The van der Waals surface area contributed by atoms with Gasteiger partial charge in [0.25, 0.3) is 0 Å². The molecule has 0 fully saturated rings. The minimum absolute atomic E-state index is 0.0841. The zero-order valence-corrected chi connectivity index (χ0v) is 15.3. The lowest BCUT2D eigenvalue weighted by molar-refractivity contribution is -0.116. The average Bonchev–Trinajstić information content (AvgIpc) is 2.57. The third-order valence-electron chi connectivity index (χ3n) is 3.67. The molecule has 0 radical (unpaired) electrons. The number of carbonyl (C=O) groups is 1. The minimum atomic E-state index is -0.0841. The first-order valence-corrected chi connectivity index (χ1v) is 8.86. The van der Waals surface area contributed by atoms with Gasteiger partial charge in [-0.15, -0.1) is 0 Å². The summed E-state index contributed by atoms with van der Waals surface area (Å²) in [7, 11) is 0. The summed E-state index contributed by atoms with van der Waals surface area (Å²) in [6.07, 6.45) is 1.44. The number of amides is 1. The number of para-hydroxylation sites is 1. The van der Waals surface area contributed by atoms with Gasteiger partial charge in [-0.05, 0) is 30.7 Å². The molecule has 0 aliphatic carbocycles. The fraction of sp³-hybridized carbons (Fsp3) is 0.316. The molecule has 0 aliphatic rings. The van der Waals surface area contributed by atoms with E-state index >= 15 is 0 Å². The maximum Gasteiger partial charge on any atom is 0.225 e. The minimum Gasteiger partial charge on any atom is -0.324 e. The summed E-state index contributed by atoms with van der Waals surface area (Å²) in [5.41, 5.74) is 1.73. The lowest BCUT2D eigenvalue weighted by Gasteiger charge is -2.21. The standard InChI is InChI=1S/C19H22Cl2N2O/c1-2-12-23(14-15-7-4-3-5-8-15)13-11-18(24)22-19-16(20)9-6-10-17(19)21/h3-10H,2,11-14H2,1H3,(H,22,24). The molecule has 128 valence electrons. The van der Waals surface area contributed by atoms with Crippen LogP contribution in [0.4, 0.5) is 5.69 Å². The maximum atomic E-state index is 12.2. The van der Waals surface area contributed by atoms with Crippen LogP contribution in [0.2, 0.25) is 10.0 Å². The highest BCUT2D eigenvalue weighted by molar-refractivity contribution is 6.39. The van der Waals surface area contributed by atoms with Crippen LogP contribution in [0.3, 0.4) is 0 Å². The lowest BCUT2D eigenvalue weighted by Crippen LogP contribution is -2.28. The highest BCUT2D eigenvalue weighted by Crippen LogP contribution is 2.29. The Bertz CT molecular complexity index is 641. The second-order valence-electron chi connectivity index (χ2n) is 5.66. The molecule has 0 bridgehead atoms. The predicted molar refractivity (Wildman–Crippen MR) is 102 cm³/mol. The Hall–Kier alpha value is -1.55. The molecule has 0 aliphatic heterocycles. The first-order valence-electron chi connectivity index (χ1n) is 8.10. The van der Waals surface area contributed by atoms with E-state index in [0.29, 0.717) is 28.7 Å². The normalized spacial score (nSPS) is 10.8. The van der Waals surface area contributed by atoms with E-state index in [1.165, 1.54) is 5.56 Å². The number of carbonyl (C=O) groups excluding carboxylic acids is 1. The smallest absolute Gasteiger partial charge is 0.225 e. The summed E-state index contributed by atoms with van der Waals surface area (Å²) >= 11 is 12.2. The number of hydrogen-bond acceptors (Lipinski definition) is 2. The summed E-state index contributed by atoms with van der Waals surface area (Å²) in [6.45, 7) is 4.63. The van der Waals surface area contributed by atoms with E-state index in [9.17, 15) is 4.79 Å². The Kier molecular flexibility index (Phi) is 7.57. The second kappa shape index (κ2) is 9.67. The van der Waals surface area contributed by atoms with Gasteiger partial charge >= 0.3 is 0 Å². The average molecular weight is 365 g/mol. The highest BCUT2D eigenvalue weighted by atomic mass is 35.5. The highest BCUT2D eigenvalue weighted by Gasteiger charge is 2.12. The van der Waals surface area contributed by atoms with Crippen molar-refractivity contribution in [2.75, 3.05) is 18.4 Å². The molecular formula is C19H22Cl2N2O. The Morgan fingerprint density at radius 2 is 1.67 bits per heavy atom. The fourth-order valence-electron chi connectivity index (χ4n) is 2.51. The largest absolute Gasteiger partial charge is 0.324 e.